The Morgan fingerprint density at radius 2 is 1.06 bits per heavy atom. The maximum absolute atomic E-state index is 13.6. The summed E-state index contributed by atoms with van der Waals surface area (Å²) in [4.78, 5) is 18.1. The van der Waals surface area contributed by atoms with Crippen molar-refractivity contribution in [2.75, 3.05) is 7.11 Å². The molecule has 0 amide bonds. The average Bonchev–Trinajstić information content (AvgIpc) is 3.11. The van der Waals surface area contributed by atoms with E-state index in [0.29, 0.717) is 11.1 Å². The molecule has 0 fully saturated rings. The molecule has 0 aliphatic carbocycles. The second-order valence-electron chi connectivity index (χ2n) is 10.6. The molecule has 0 saturated heterocycles. The predicted molar refractivity (Wildman–Crippen MR) is 198 cm³/mol. The fourth-order valence-corrected chi connectivity index (χ4v) is 7.44. The van der Waals surface area contributed by atoms with E-state index in [1.165, 1.54) is 4.90 Å². The Morgan fingerprint density at radius 1 is 0.596 bits per heavy atom. The number of benzene rings is 6. The van der Waals surface area contributed by atoms with E-state index in [0.717, 1.165) is 40.3 Å². The lowest BCUT2D eigenvalue weighted by Crippen LogP contribution is -2.33. The van der Waals surface area contributed by atoms with Crippen LogP contribution in [0.2, 0.25) is 0 Å². The minimum atomic E-state index is -1.19. The van der Waals surface area contributed by atoms with Gasteiger partial charge >= 0.3 is 0 Å². The minimum absolute atomic E-state index is 0.0487. The molecule has 6 rings (SSSR count). The van der Waals surface area contributed by atoms with Crippen molar-refractivity contribution in [2.24, 2.45) is 0 Å². The van der Waals surface area contributed by atoms with Crippen molar-refractivity contribution < 1.29 is 14.3 Å². The van der Waals surface area contributed by atoms with Crippen LogP contribution in [0.3, 0.4) is 0 Å². The van der Waals surface area contributed by atoms with Crippen molar-refractivity contribution in [1.82, 2.24) is 0 Å². The highest BCUT2D eigenvalue weighted by atomic mass is 79.9. The van der Waals surface area contributed by atoms with E-state index in [1.807, 2.05) is 115 Å². The molecule has 0 aromatic heterocycles. The molecular formula is C40H30Br2O3S2. The number of hydrogen-bond donors (Lipinski definition) is 0. The smallest absolute Gasteiger partial charge is 0.222 e. The van der Waals surface area contributed by atoms with Gasteiger partial charge in [0.15, 0.2) is 5.78 Å². The molecule has 0 bridgehead atoms. The first-order chi connectivity index (χ1) is 22.9. The Morgan fingerprint density at radius 3 is 1.60 bits per heavy atom. The van der Waals surface area contributed by atoms with Gasteiger partial charge in [0.25, 0.3) is 0 Å². The van der Waals surface area contributed by atoms with Crippen molar-refractivity contribution >= 4 is 61.2 Å². The Kier molecular flexibility index (Phi) is 11.1. The van der Waals surface area contributed by atoms with Crippen LogP contribution in [0.4, 0.5) is 0 Å². The fourth-order valence-electron chi connectivity index (χ4n) is 5.14. The SMILES string of the molecule is COC(OCc1cc(C(=O)c2ccc(Sc3ccccc3)cc2)ccc1Br)(c1ccc(Br)cc1)c1ccc(Sc2ccccc2)cc1. The summed E-state index contributed by atoms with van der Waals surface area (Å²) in [6.07, 6.45) is 0. The van der Waals surface area contributed by atoms with Crippen LogP contribution in [-0.4, -0.2) is 12.9 Å². The monoisotopic (exact) mass is 780 g/mol. The molecule has 0 N–H and O–H groups in total. The molecule has 3 nitrogen and oxygen atoms in total. The summed E-state index contributed by atoms with van der Waals surface area (Å²) in [7, 11) is 1.66. The first-order valence-corrected chi connectivity index (χ1v) is 18.1. The lowest BCUT2D eigenvalue weighted by Gasteiger charge is -2.34. The molecule has 234 valence electrons. The average molecular weight is 783 g/mol. The standard InChI is InChI=1S/C40H30Br2O3S2/c1-44-40(31-15-19-33(41)20-16-31,32-17-23-37(24-18-32)47-35-10-6-3-7-11-35)45-27-30-26-29(14-25-38(30)42)39(43)28-12-21-36(22-13-28)46-34-8-4-2-5-9-34/h2-26H,27H2,1H3. The number of ether oxygens (including phenoxy) is 2. The van der Waals surface area contributed by atoms with Gasteiger partial charge in [-0.2, -0.15) is 0 Å². The second-order valence-corrected chi connectivity index (χ2v) is 14.7. The highest BCUT2D eigenvalue weighted by molar-refractivity contribution is 9.10. The van der Waals surface area contributed by atoms with Gasteiger partial charge in [-0.05, 0) is 96.6 Å². The largest absolute Gasteiger partial charge is 0.346 e. The molecular weight excluding hydrogens is 752 g/mol. The normalized spacial score (nSPS) is 12.4. The zero-order valence-corrected chi connectivity index (χ0v) is 30.2. The molecule has 1 atom stereocenters. The number of carbonyl (C=O) groups excluding carboxylic acids is 1. The zero-order chi connectivity index (χ0) is 32.6. The molecule has 0 radical (unpaired) electrons. The van der Waals surface area contributed by atoms with Gasteiger partial charge in [-0.15, -0.1) is 0 Å². The molecule has 0 aliphatic rings. The zero-order valence-electron chi connectivity index (χ0n) is 25.4. The van der Waals surface area contributed by atoms with Gasteiger partial charge in [0, 0.05) is 57.9 Å². The number of methoxy groups -OCH3 is 1. The van der Waals surface area contributed by atoms with Crippen LogP contribution in [0, 0.1) is 0 Å². The lowest BCUT2D eigenvalue weighted by atomic mass is 9.96. The Labute approximate surface area is 301 Å². The van der Waals surface area contributed by atoms with Crippen molar-refractivity contribution in [2.45, 2.75) is 32.0 Å². The highest BCUT2D eigenvalue weighted by Crippen LogP contribution is 2.39. The minimum Gasteiger partial charge on any atom is -0.346 e. The van der Waals surface area contributed by atoms with E-state index >= 15 is 0 Å². The van der Waals surface area contributed by atoms with Crippen LogP contribution in [0.25, 0.3) is 0 Å². The quantitative estimate of drug-likeness (QED) is 0.0913. The summed E-state index contributed by atoms with van der Waals surface area (Å²) in [6.45, 7) is 0.193. The molecule has 6 aromatic rings. The molecule has 1 unspecified atom stereocenters. The van der Waals surface area contributed by atoms with Crippen LogP contribution >= 0.6 is 55.4 Å². The summed E-state index contributed by atoms with van der Waals surface area (Å²) in [5, 5.41) is 0. The van der Waals surface area contributed by atoms with Gasteiger partial charge in [0.1, 0.15) is 0 Å². The van der Waals surface area contributed by atoms with Crippen molar-refractivity contribution in [3.8, 4) is 0 Å². The number of hydrogen-bond acceptors (Lipinski definition) is 5. The maximum Gasteiger partial charge on any atom is 0.222 e. The summed E-state index contributed by atoms with van der Waals surface area (Å²) in [5.41, 5.74) is 3.76. The van der Waals surface area contributed by atoms with Gasteiger partial charge in [-0.1, -0.05) is 116 Å². The van der Waals surface area contributed by atoms with Gasteiger partial charge in [0.05, 0.1) is 6.61 Å². The summed E-state index contributed by atoms with van der Waals surface area (Å²) in [6, 6.07) is 50.1. The number of halogens is 2. The number of carbonyl (C=O) groups is 1. The van der Waals surface area contributed by atoms with Crippen LogP contribution in [0.15, 0.2) is 180 Å². The van der Waals surface area contributed by atoms with Crippen LogP contribution in [-0.2, 0) is 21.9 Å². The van der Waals surface area contributed by atoms with Gasteiger partial charge < -0.3 is 9.47 Å². The highest BCUT2D eigenvalue weighted by Gasteiger charge is 2.36. The molecule has 0 spiro atoms. The molecule has 0 aliphatic heterocycles. The van der Waals surface area contributed by atoms with E-state index in [2.05, 4.69) is 68.3 Å². The molecule has 6 aromatic carbocycles. The first-order valence-electron chi connectivity index (χ1n) is 14.9. The van der Waals surface area contributed by atoms with Crippen LogP contribution < -0.4 is 0 Å². The Balaban J connectivity index is 1.24. The molecule has 0 saturated carbocycles. The van der Waals surface area contributed by atoms with Crippen LogP contribution in [0.1, 0.15) is 32.6 Å². The summed E-state index contributed by atoms with van der Waals surface area (Å²) in [5.74, 6) is -1.24. The molecule has 7 heteroatoms. The van der Waals surface area contributed by atoms with Crippen molar-refractivity contribution in [1.29, 1.82) is 0 Å². The summed E-state index contributed by atoms with van der Waals surface area (Å²) < 4.78 is 14.8. The third-order valence-corrected chi connectivity index (χ3v) is 10.9. The third-order valence-electron chi connectivity index (χ3n) is 7.56. The third kappa shape index (κ3) is 8.18. The Bertz CT molecular complexity index is 1930. The van der Waals surface area contributed by atoms with Gasteiger partial charge in [-0.3, -0.25) is 4.79 Å². The van der Waals surface area contributed by atoms with Crippen molar-refractivity contribution in [3.63, 3.8) is 0 Å². The second kappa shape index (κ2) is 15.6. The lowest BCUT2D eigenvalue weighted by molar-refractivity contribution is -0.209. The van der Waals surface area contributed by atoms with Gasteiger partial charge in [-0.25, -0.2) is 0 Å². The molecule has 47 heavy (non-hydrogen) atoms. The predicted octanol–water partition coefficient (Wildman–Crippen LogP) is 11.8. The number of rotatable bonds is 12. The summed E-state index contributed by atoms with van der Waals surface area (Å²) >= 11 is 10.6. The van der Waals surface area contributed by atoms with Crippen molar-refractivity contribution in [3.05, 3.63) is 188 Å². The Hall–Kier alpha value is -3.43. The van der Waals surface area contributed by atoms with E-state index in [9.17, 15) is 4.79 Å². The van der Waals surface area contributed by atoms with E-state index < -0.39 is 5.79 Å². The fraction of sp³-hybridized carbons (Fsp3) is 0.0750. The van der Waals surface area contributed by atoms with E-state index in [1.54, 1.807) is 30.6 Å². The van der Waals surface area contributed by atoms with Crippen LogP contribution in [0.5, 0.6) is 0 Å². The van der Waals surface area contributed by atoms with E-state index in [4.69, 9.17) is 9.47 Å². The topological polar surface area (TPSA) is 35.5 Å². The van der Waals surface area contributed by atoms with E-state index in [-0.39, 0.29) is 12.4 Å². The first kappa shape index (κ1) is 33.5. The molecule has 0 heterocycles. The maximum atomic E-state index is 13.6. The number of ketones is 1. The van der Waals surface area contributed by atoms with Gasteiger partial charge in [0.2, 0.25) is 5.79 Å².